The summed E-state index contributed by atoms with van der Waals surface area (Å²) in [4.78, 5) is 17.2. The third kappa shape index (κ3) is 2.60. The summed E-state index contributed by atoms with van der Waals surface area (Å²) in [6.07, 6.45) is 5.10. The van der Waals surface area contributed by atoms with Crippen LogP contribution in [-0.2, 0) is 4.79 Å². The highest BCUT2D eigenvalue weighted by molar-refractivity contribution is 6.30. The number of amides is 1. The van der Waals surface area contributed by atoms with Crippen LogP contribution in [-0.4, -0.2) is 37.0 Å². The van der Waals surface area contributed by atoms with Gasteiger partial charge < -0.3 is 9.80 Å². The third-order valence-electron chi connectivity index (χ3n) is 5.84. The lowest BCUT2D eigenvalue weighted by Gasteiger charge is -2.38. The first-order chi connectivity index (χ1) is 10.7. The van der Waals surface area contributed by atoms with Crippen molar-refractivity contribution in [1.29, 1.82) is 0 Å². The van der Waals surface area contributed by atoms with Gasteiger partial charge in [-0.2, -0.15) is 0 Å². The Balaban J connectivity index is 1.35. The Hall–Kier alpha value is -1.22. The van der Waals surface area contributed by atoms with E-state index in [-0.39, 0.29) is 0 Å². The summed E-state index contributed by atoms with van der Waals surface area (Å²) in [5.41, 5.74) is 1.21. The Labute approximate surface area is 137 Å². The van der Waals surface area contributed by atoms with Gasteiger partial charge in [-0.25, -0.2) is 0 Å². The van der Waals surface area contributed by atoms with E-state index in [2.05, 4.69) is 21.9 Å². The van der Waals surface area contributed by atoms with Gasteiger partial charge in [-0.05, 0) is 55.4 Å². The lowest BCUT2D eigenvalue weighted by Crippen LogP contribution is -2.51. The Kier molecular flexibility index (Phi) is 3.77. The van der Waals surface area contributed by atoms with Crippen LogP contribution in [0.2, 0.25) is 5.02 Å². The molecule has 2 saturated carbocycles. The van der Waals surface area contributed by atoms with Crippen molar-refractivity contribution in [3.63, 3.8) is 0 Å². The number of carbonyl (C=O) groups excluding carboxylic acids is 1. The van der Waals surface area contributed by atoms with Gasteiger partial charge in [-0.1, -0.05) is 18.0 Å². The summed E-state index contributed by atoms with van der Waals surface area (Å²) in [6, 6.07) is 8.00. The number of hydrogen-bond donors (Lipinski definition) is 0. The highest BCUT2D eigenvalue weighted by Gasteiger charge is 2.44. The topological polar surface area (TPSA) is 23.6 Å². The molecule has 1 heterocycles. The Bertz CT molecular complexity index is 551. The predicted octanol–water partition coefficient (Wildman–Crippen LogP) is 3.42. The first kappa shape index (κ1) is 14.4. The molecule has 3 aliphatic rings. The number of nitrogens with zero attached hydrogens (tertiary/aromatic N) is 2. The monoisotopic (exact) mass is 318 g/mol. The molecule has 0 N–H and O–H groups in total. The van der Waals surface area contributed by atoms with E-state index in [1.54, 1.807) is 0 Å². The third-order valence-corrected chi connectivity index (χ3v) is 6.09. The van der Waals surface area contributed by atoms with Gasteiger partial charge in [0.15, 0.2) is 0 Å². The predicted molar refractivity (Wildman–Crippen MR) is 89.2 cm³/mol. The van der Waals surface area contributed by atoms with E-state index in [0.29, 0.717) is 17.7 Å². The van der Waals surface area contributed by atoms with Crippen LogP contribution in [0.25, 0.3) is 0 Å². The van der Waals surface area contributed by atoms with Crippen LogP contribution in [0.1, 0.15) is 25.7 Å². The van der Waals surface area contributed by atoms with Crippen molar-refractivity contribution >= 4 is 23.2 Å². The molecule has 1 aromatic rings. The van der Waals surface area contributed by atoms with E-state index in [4.69, 9.17) is 11.6 Å². The van der Waals surface area contributed by atoms with E-state index in [9.17, 15) is 4.79 Å². The van der Waals surface area contributed by atoms with Crippen LogP contribution in [0.15, 0.2) is 24.3 Å². The average molecular weight is 319 g/mol. The maximum Gasteiger partial charge on any atom is 0.226 e. The van der Waals surface area contributed by atoms with Crippen molar-refractivity contribution in [3.8, 4) is 0 Å². The second-order valence-corrected chi connectivity index (χ2v) is 7.51. The molecule has 0 spiro atoms. The van der Waals surface area contributed by atoms with Crippen LogP contribution in [0.3, 0.4) is 0 Å². The minimum atomic E-state index is 0.334. The van der Waals surface area contributed by atoms with Crippen molar-refractivity contribution in [1.82, 2.24) is 4.90 Å². The summed E-state index contributed by atoms with van der Waals surface area (Å²) < 4.78 is 0. The molecular weight excluding hydrogens is 296 g/mol. The number of carbonyl (C=O) groups is 1. The summed E-state index contributed by atoms with van der Waals surface area (Å²) in [7, 11) is 0. The van der Waals surface area contributed by atoms with Gasteiger partial charge in [0.1, 0.15) is 0 Å². The first-order valence-corrected chi connectivity index (χ1v) is 8.88. The summed E-state index contributed by atoms with van der Waals surface area (Å²) >= 11 is 5.95. The number of benzene rings is 1. The molecule has 118 valence electrons. The van der Waals surface area contributed by atoms with Crippen molar-refractivity contribution in [2.24, 2.45) is 17.8 Å². The van der Waals surface area contributed by atoms with E-state index in [1.807, 2.05) is 12.1 Å². The number of anilines is 1. The van der Waals surface area contributed by atoms with Crippen LogP contribution in [0.5, 0.6) is 0 Å². The second kappa shape index (κ2) is 5.77. The maximum atomic E-state index is 12.8. The number of halogens is 1. The number of piperazine rings is 1. The number of hydrogen-bond acceptors (Lipinski definition) is 2. The van der Waals surface area contributed by atoms with Crippen molar-refractivity contribution < 1.29 is 4.79 Å². The zero-order valence-corrected chi connectivity index (χ0v) is 13.6. The molecule has 1 aromatic carbocycles. The van der Waals surface area contributed by atoms with Gasteiger partial charge in [0.05, 0.1) is 0 Å². The van der Waals surface area contributed by atoms with Gasteiger partial charge in [0, 0.05) is 42.8 Å². The van der Waals surface area contributed by atoms with Crippen molar-refractivity contribution in [2.75, 3.05) is 31.1 Å². The fourth-order valence-electron chi connectivity index (χ4n) is 4.62. The highest BCUT2D eigenvalue weighted by atomic mass is 35.5. The molecular formula is C18H23ClN2O. The molecule has 1 aliphatic heterocycles. The lowest BCUT2D eigenvalue weighted by molar-refractivity contribution is -0.137. The zero-order chi connectivity index (χ0) is 15.1. The molecule has 0 radical (unpaired) electrons. The molecule has 0 aromatic heterocycles. The smallest absolute Gasteiger partial charge is 0.226 e. The van der Waals surface area contributed by atoms with Crippen molar-refractivity contribution in [3.05, 3.63) is 29.3 Å². The van der Waals surface area contributed by atoms with Crippen LogP contribution in [0.4, 0.5) is 5.69 Å². The molecule has 22 heavy (non-hydrogen) atoms. The lowest BCUT2D eigenvalue weighted by atomic mass is 9.87. The SMILES string of the molecule is O=C([C@@H]1C[C@H]2CC[C@H]1C2)N1CCN(c2ccc(Cl)cc2)CC1. The summed E-state index contributed by atoms with van der Waals surface area (Å²) in [5.74, 6) is 2.30. The molecule has 2 bridgehead atoms. The average Bonchev–Trinajstić information content (AvgIpc) is 3.18. The quantitative estimate of drug-likeness (QED) is 0.834. The van der Waals surface area contributed by atoms with Gasteiger partial charge in [-0.3, -0.25) is 4.79 Å². The molecule has 3 atom stereocenters. The maximum absolute atomic E-state index is 12.8. The first-order valence-electron chi connectivity index (χ1n) is 8.50. The molecule has 4 rings (SSSR count). The molecule has 1 amide bonds. The van der Waals surface area contributed by atoms with E-state index in [0.717, 1.165) is 43.5 Å². The molecule has 3 nitrogen and oxygen atoms in total. The summed E-state index contributed by atoms with van der Waals surface area (Å²) in [6.45, 7) is 3.56. The Morgan fingerprint density at radius 2 is 1.73 bits per heavy atom. The minimum Gasteiger partial charge on any atom is -0.368 e. The molecule has 3 fully saturated rings. The van der Waals surface area contributed by atoms with Crippen LogP contribution >= 0.6 is 11.6 Å². The van der Waals surface area contributed by atoms with Gasteiger partial charge in [0.25, 0.3) is 0 Å². The number of rotatable bonds is 2. The van der Waals surface area contributed by atoms with E-state index >= 15 is 0 Å². The van der Waals surface area contributed by atoms with Crippen LogP contribution < -0.4 is 4.90 Å². The van der Waals surface area contributed by atoms with Gasteiger partial charge in [-0.15, -0.1) is 0 Å². The van der Waals surface area contributed by atoms with Gasteiger partial charge in [0.2, 0.25) is 5.91 Å². The van der Waals surface area contributed by atoms with E-state index < -0.39 is 0 Å². The Morgan fingerprint density at radius 1 is 1.00 bits per heavy atom. The van der Waals surface area contributed by atoms with E-state index in [1.165, 1.54) is 24.9 Å². The highest BCUT2D eigenvalue weighted by Crippen LogP contribution is 2.48. The van der Waals surface area contributed by atoms with Crippen LogP contribution in [0, 0.1) is 17.8 Å². The standard InChI is InChI=1S/C18H23ClN2O/c19-15-3-5-16(6-4-15)20-7-9-21(10-8-20)18(22)17-12-13-1-2-14(17)11-13/h3-6,13-14,17H,1-2,7-12H2/t13-,14-,17+/m0/s1. The minimum absolute atomic E-state index is 0.334. The fourth-order valence-corrected chi connectivity index (χ4v) is 4.74. The Morgan fingerprint density at radius 3 is 2.32 bits per heavy atom. The molecule has 1 saturated heterocycles. The number of fused-ring (bicyclic) bond motifs is 2. The molecule has 2 aliphatic carbocycles. The fraction of sp³-hybridized carbons (Fsp3) is 0.611. The van der Waals surface area contributed by atoms with Gasteiger partial charge >= 0.3 is 0 Å². The largest absolute Gasteiger partial charge is 0.368 e. The molecule has 0 unspecified atom stereocenters. The molecule has 4 heteroatoms. The second-order valence-electron chi connectivity index (χ2n) is 7.07. The normalized spacial score (nSPS) is 30.9. The zero-order valence-electron chi connectivity index (χ0n) is 12.9. The van der Waals surface area contributed by atoms with Crippen molar-refractivity contribution in [2.45, 2.75) is 25.7 Å². The summed E-state index contributed by atoms with van der Waals surface area (Å²) in [5, 5.41) is 0.772.